The number of aryl methyl sites for hydroxylation is 1. The van der Waals surface area contributed by atoms with Crippen LogP contribution in [0.1, 0.15) is 35.4 Å². The second kappa shape index (κ2) is 10.5. The second-order valence-corrected chi connectivity index (χ2v) is 8.51. The number of carbonyl (C=O) groups excluding carboxylic acids is 1. The van der Waals surface area contributed by atoms with Gasteiger partial charge in [0.1, 0.15) is 6.10 Å². The van der Waals surface area contributed by atoms with Crippen molar-refractivity contribution in [1.29, 1.82) is 0 Å². The van der Waals surface area contributed by atoms with Crippen LogP contribution in [0.5, 0.6) is 0 Å². The van der Waals surface area contributed by atoms with E-state index < -0.39 is 18.0 Å². The molecule has 4 rings (SSSR count). The number of esters is 1. The van der Waals surface area contributed by atoms with E-state index in [0.717, 1.165) is 22.4 Å². The maximum Gasteiger partial charge on any atom is 0.311 e. The lowest BCUT2D eigenvalue weighted by Crippen LogP contribution is -2.12. The highest BCUT2D eigenvalue weighted by Gasteiger charge is 2.21. The molecule has 0 radical (unpaired) electrons. The minimum atomic E-state index is -0.899. The lowest BCUT2D eigenvalue weighted by molar-refractivity contribution is -0.147. The topological polar surface area (TPSA) is 103 Å². The predicted molar refractivity (Wildman–Crippen MR) is 131 cm³/mol. The van der Waals surface area contributed by atoms with E-state index in [2.05, 4.69) is 10.1 Å². The molecule has 0 aliphatic carbocycles. The van der Waals surface area contributed by atoms with Crippen LogP contribution in [0, 0.1) is 6.92 Å². The summed E-state index contributed by atoms with van der Waals surface area (Å²) in [6.07, 6.45) is 1.01. The summed E-state index contributed by atoms with van der Waals surface area (Å²) in [5.41, 5.74) is 4.99. The zero-order valence-corrected chi connectivity index (χ0v) is 20.0. The molecular formula is C27H23ClN2O5. The summed E-state index contributed by atoms with van der Waals surface area (Å²) in [7, 11) is 0. The maximum atomic E-state index is 12.7. The fourth-order valence-electron chi connectivity index (χ4n) is 3.74. The smallest absolute Gasteiger partial charge is 0.311 e. The van der Waals surface area contributed by atoms with Crippen molar-refractivity contribution in [2.24, 2.45) is 0 Å². The van der Waals surface area contributed by atoms with Crippen molar-refractivity contribution in [2.45, 2.75) is 32.8 Å². The Morgan fingerprint density at radius 3 is 2.40 bits per heavy atom. The molecule has 8 heteroatoms. The van der Waals surface area contributed by atoms with Crippen LogP contribution in [-0.2, 0) is 27.2 Å². The van der Waals surface area contributed by atoms with Gasteiger partial charge in [0.15, 0.2) is 5.76 Å². The Balaban J connectivity index is 1.48. The number of pyridine rings is 1. The lowest BCUT2D eigenvalue weighted by Gasteiger charge is -2.15. The van der Waals surface area contributed by atoms with Gasteiger partial charge in [0, 0.05) is 33.5 Å². The van der Waals surface area contributed by atoms with Crippen molar-refractivity contribution in [3.05, 3.63) is 94.3 Å². The first kappa shape index (κ1) is 24.2. The van der Waals surface area contributed by atoms with Crippen LogP contribution in [0.2, 0.25) is 5.02 Å². The van der Waals surface area contributed by atoms with Crippen molar-refractivity contribution in [2.75, 3.05) is 0 Å². The van der Waals surface area contributed by atoms with Gasteiger partial charge in [0.2, 0.25) is 0 Å². The first-order chi connectivity index (χ1) is 16.8. The van der Waals surface area contributed by atoms with Gasteiger partial charge in [-0.05, 0) is 31.5 Å². The Morgan fingerprint density at radius 1 is 1.03 bits per heavy atom. The molecule has 2 aromatic heterocycles. The molecule has 0 fully saturated rings. The third-order valence-electron chi connectivity index (χ3n) is 5.58. The molecule has 0 aliphatic rings. The van der Waals surface area contributed by atoms with E-state index in [4.69, 9.17) is 26.0 Å². The molecular weight excluding hydrogens is 468 g/mol. The van der Waals surface area contributed by atoms with E-state index in [0.29, 0.717) is 27.6 Å². The third kappa shape index (κ3) is 5.75. The fourth-order valence-corrected chi connectivity index (χ4v) is 4.03. The Labute approximate surface area is 207 Å². The molecule has 0 saturated heterocycles. The van der Waals surface area contributed by atoms with Crippen LogP contribution in [0.4, 0.5) is 0 Å². The van der Waals surface area contributed by atoms with Crippen molar-refractivity contribution in [3.63, 3.8) is 0 Å². The number of nitrogens with zero attached hydrogens (tertiary/aromatic N) is 2. The molecule has 0 aliphatic heterocycles. The lowest BCUT2D eigenvalue weighted by atomic mass is 10.0. The molecule has 0 bridgehead atoms. The normalized spacial score (nSPS) is 11.7. The molecule has 1 atom stereocenters. The molecule has 7 nitrogen and oxygen atoms in total. The van der Waals surface area contributed by atoms with Crippen molar-refractivity contribution in [3.8, 4) is 22.6 Å². The fraction of sp³-hybridized carbons (Fsp3) is 0.185. The number of carboxylic acid groups (broad SMARTS) is 1. The predicted octanol–water partition coefficient (Wildman–Crippen LogP) is 5.84. The van der Waals surface area contributed by atoms with Crippen molar-refractivity contribution >= 4 is 23.5 Å². The summed E-state index contributed by atoms with van der Waals surface area (Å²) in [6.45, 7) is 3.56. The molecule has 2 aromatic carbocycles. The Kier molecular flexibility index (Phi) is 7.27. The van der Waals surface area contributed by atoms with Gasteiger partial charge in [-0.1, -0.05) is 65.3 Å². The number of aliphatic carboxylic acids is 1. The van der Waals surface area contributed by atoms with E-state index in [1.54, 1.807) is 38.2 Å². The van der Waals surface area contributed by atoms with E-state index in [-0.39, 0.29) is 12.8 Å². The van der Waals surface area contributed by atoms with E-state index in [9.17, 15) is 9.59 Å². The summed E-state index contributed by atoms with van der Waals surface area (Å²) in [4.78, 5) is 27.9. The van der Waals surface area contributed by atoms with Gasteiger partial charge < -0.3 is 14.4 Å². The number of benzene rings is 2. The van der Waals surface area contributed by atoms with E-state index in [1.165, 1.54) is 0 Å². The van der Waals surface area contributed by atoms with Gasteiger partial charge in [-0.15, -0.1) is 0 Å². The molecule has 0 spiro atoms. The molecule has 1 N–H and O–H groups in total. The third-order valence-corrected chi connectivity index (χ3v) is 5.92. The van der Waals surface area contributed by atoms with Gasteiger partial charge in [0.05, 0.1) is 24.2 Å². The van der Waals surface area contributed by atoms with Crippen LogP contribution in [0.25, 0.3) is 22.6 Å². The SMILES string of the molecule is Cc1noc(-c2ccc(-c3ccc(CC(=O)O)cn3)cc2)c1CC(=O)OC(C)c1ccccc1Cl. The number of carbonyl (C=O) groups is 2. The number of ether oxygens (including phenoxy) is 1. The Hall–Kier alpha value is -3.97. The van der Waals surface area contributed by atoms with Gasteiger partial charge >= 0.3 is 11.9 Å². The van der Waals surface area contributed by atoms with E-state index in [1.807, 2.05) is 42.5 Å². The van der Waals surface area contributed by atoms with Crippen molar-refractivity contribution in [1.82, 2.24) is 10.1 Å². The zero-order chi connectivity index (χ0) is 24.9. The van der Waals surface area contributed by atoms with Gasteiger partial charge in [-0.2, -0.15) is 0 Å². The number of hydrogen-bond acceptors (Lipinski definition) is 6. The first-order valence-corrected chi connectivity index (χ1v) is 11.4. The summed E-state index contributed by atoms with van der Waals surface area (Å²) in [6, 6.07) is 18.3. The second-order valence-electron chi connectivity index (χ2n) is 8.11. The van der Waals surface area contributed by atoms with Crippen LogP contribution >= 0.6 is 11.6 Å². The van der Waals surface area contributed by atoms with Crippen LogP contribution < -0.4 is 0 Å². The summed E-state index contributed by atoms with van der Waals surface area (Å²) >= 11 is 6.22. The minimum absolute atomic E-state index is 0.00774. The molecule has 4 aromatic rings. The molecule has 0 amide bonds. The summed E-state index contributed by atoms with van der Waals surface area (Å²) in [5, 5.41) is 13.5. The van der Waals surface area contributed by atoms with Gasteiger partial charge in [0.25, 0.3) is 0 Å². The first-order valence-electron chi connectivity index (χ1n) is 11.0. The number of halogens is 1. The van der Waals surface area contributed by atoms with Crippen LogP contribution in [0.3, 0.4) is 0 Å². The molecule has 178 valence electrons. The minimum Gasteiger partial charge on any atom is -0.481 e. The monoisotopic (exact) mass is 490 g/mol. The highest BCUT2D eigenvalue weighted by atomic mass is 35.5. The largest absolute Gasteiger partial charge is 0.481 e. The number of rotatable bonds is 8. The maximum absolute atomic E-state index is 12.7. The molecule has 0 saturated carbocycles. The quantitative estimate of drug-likeness (QED) is 0.309. The van der Waals surface area contributed by atoms with Crippen LogP contribution in [0.15, 0.2) is 71.4 Å². The highest BCUT2D eigenvalue weighted by Crippen LogP contribution is 2.30. The molecule has 1 unspecified atom stereocenters. The Morgan fingerprint density at radius 2 is 1.74 bits per heavy atom. The van der Waals surface area contributed by atoms with E-state index >= 15 is 0 Å². The molecule has 2 heterocycles. The average molecular weight is 491 g/mol. The van der Waals surface area contributed by atoms with Gasteiger partial charge in [-0.25, -0.2) is 0 Å². The van der Waals surface area contributed by atoms with Crippen LogP contribution in [-0.4, -0.2) is 27.2 Å². The zero-order valence-electron chi connectivity index (χ0n) is 19.2. The number of aromatic nitrogens is 2. The summed E-state index contributed by atoms with van der Waals surface area (Å²) in [5.74, 6) is -0.808. The molecule has 35 heavy (non-hydrogen) atoms. The van der Waals surface area contributed by atoms with Gasteiger partial charge in [-0.3, -0.25) is 14.6 Å². The standard InChI is InChI=1S/C27H23ClN2O5/c1-16-22(14-26(33)34-17(2)21-5-3-4-6-23(21)28)27(35-30-16)20-10-8-19(9-11-20)24-12-7-18(15-29-24)13-25(31)32/h3-12,15,17H,13-14H2,1-2H3,(H,31,32). The number of carboxylic acids is 1. The highest BCUT2D eigenvalue weighted by molar-refractivity contribution is 6.31. The number of hydrogen-bond donors (Lipinski definition) is 1. The Bertz CT molecular complexity index is 1350. The van der Waals surface area contributed by atoms with Crippen molar-refractivity contribution < 1.29 is 24.0 Å². The average Bonchev–Trinajstić information content (AvgIpc) is 3.19. The summed E-state index contributed by atoms with van der Waals surface area (Å²) < 4.78 is 11.1.